The molecule has 0 aliphatic rings. The molecular formula is C17H21N3. The molecule has 2 aromatic heterocycles. The number of aryl methyl sites for hydroxylation is 2. The van der Waals surface area contributed by atoms with Crippen molar-refractivity contribution in [2.24, 2.45) is 7.05 Å². The number of aromatic nitrogens is 3. The third-order valence-electron chi connectivity index (χ3n) is 4.03. The molecule has 3 heteroatoms. The molecule has 3 aromatic rings. The normalized spacial score (nSPS) is 12.7. The van der Waals surface area contributed by atoms with Gasteiger partial charge in [-0.2, -0.15) is 0 Å². The summed E-state index contributed by atoms with van der Waals surface area (Å²) in [5.74, 6) is 1.03. The quantitative estimate of drug-likeness (QED) is 0.697. The predicted octanol–water partition coefficient (Wildman–Crippen LogP) is 4.20. The van der Waals surface area contributed by atoms with Crippen molar-refractivity contribution >= 4 is 22.9 Å². The molecule has 0 saturated carbocycles. The second-order valence-electron chi connectivity index (χ2n) is 5.32. The zero-order valence-corrected chi connectivity index (χ0v) is 12.6. The summed E-state index contributed by atoms with van der Waals surface area (Å²) in [6, 6.07) is 8.49. The molecule has 0 saturated heterocycles. The van der Waals surface area contributed by atoms with Gasteiger partial charge in [-0.1, -0.05) is 31.6 Å². The van der Waals surface area contributed by atoms with Crippen molar-refractivity contribution < 1.29 is 0 Å². The molecule has 20 heavy (non-hydrogen) atoms. The predicted molar refractivity (Wildman–Crippen MR) is 85.0 cm³/mol. The van der Waals surface area contributed by atoms with Crippen molar-refractivity contribution in [2.75, 3.05) is 0 Å². The topological polar surface area (TPSA) is 22.2 Å². The van der Waals surface area contributed by atoms with Crippen molar-refractivity contribution in [3.05, 3.63) is 41.2 Å². The fourth-order valence-electron chi connectivity index (χ4n) is 2.72. The molecule has 2 heterocycles. The highest BCUT2D eigenvalue weighted by Crippen LogP contribution is 2.25. The monoisotopic (exact) mass is 267 g/mol. The van der Waals surface area contributed by atoms with Crippen molar-refractivity contribution in [1.82, 2.24) is 14.0 Å². The van der Waals surface area contributed by atoms with Gasteiger partial charge in [-0.15, -0.1) is 0 Å². The largest absolute Gasteiger partial charge is 0.313 e. The second-order valence-corrected chi connectivity index (χ2v) is 5.32. The molecule has 1 aromatic carbocycles. The van der Waals surface area contributed by atoms with Gasteiger partial charge < -0.3 is 4.57 Å². The molecule has 0 amide bonds. The molecule has 0 radical (unpaired) electrons. The highest BCUT2D eigenvalue weighted by atomic mass is 15.2. The van der Waals surface area contributed by atoms with Crippen LogP contribution in [0.4, 0.5) is 0 Å². The third kappa shape index (κ3) is 1.77. The summed E-state index contributed by atoms with van der Waals surface area (Å²) < 4.78 is 4.46. The van der Waals surface area contributed by atoms with Crippen LogP contribution in [-0.2, 0) is 13.5 Å². The lowest BCUT2D eigenvalue weighted by molar-refractivity contribution is 0.960. The minimum atomic E-state index is 0.957. The average molecular weight is 267 g/mol. The summed E-state index contributed by atoms with van der Waals surface area (Å²) in [4.78, 5) is 4.84. The Labute approximate surface area is 119 Å². The van der Waals surface area contributed by atoms with Gasteiger partial charge in [-0.3, -0.25) is 4.40 Å². The van der Waals surface area contributed by atoms with Crippen LogP contribution in [0.3, 0.4) is 0 Å². The van der Waals surface area contributed by atoms with E-state index in [0.717, 1.165) is 18.6 Å². The lowest BCUT2D eigenvalue weighted by Gasteiger charge is -2.00. The van der Waals surface area contributed by atoms with E-state index in [1.54, 1.807) is 0 Å². The van der Waals surface area contributed by atoms with E-state index in [-0.39, 0.29) is 0 Å². The van der Waals surface area contributed by atoms with Gasteiger partial charge in [0, 0.05) is 7.05 Å². The van der Waals surface area contributed by atoms with Crippen molar-refractivity contribution in [2.45, 2.75) is 33.6 Å². The molecule has 0 unspecified atom stereocenters. The van der Waals surface area contributed by atoms with Crippen LogP contribution >= 0.6 is 0 Å². The zero-order valence-electron chi connectivity index (χ0n) is 12.6. The summed E-state index contributed by atoms with van der Waals surface area (Å²) in [6.07, 6.45) is 4.31. The van der Waals surface area contributed by atoms with E-state index in [9.17, 15) is 0 Å². The van der Waals surface area contributed by atoms with Crippen molar-refractivity contribution in [3.63, 3.8) is 0 Å². The average Bonchev–Trinajstić information content (AvgIpc) is 2.96. The number of allylic oxidation sites excluding steroid dienone is 1. The van der Waals surface area contributed by atoms with Crippen LogP contribution < -0.4 is 0 Å². The highest BCUT2D eigenvalue weighted by molar-refractivity contribution is 5.82. The number of benzene rings is 1. The first-order valence-electron chi connectivity index (χ1n) is 7.29. The number of imidazole rings is 2. The van der Waals surface area contributed by atoms with E-state index in [1.807, 2.05) is 0 Å². The Morgan fingerprint density at radius 3 is 2.55 bits per heavy atom. The molecular weight excluding hydrogens is 246 g/mol. The lowest BCUT2D eigenvalue weighted by Crippen LogP contribution is -1.90. The van der Waals surface area contributed by atoms with Gasteiger partial charge in [-0.25, -0.2) is 4.98 Å². The first-order valence-corrected chi connectivity index (χ1v) is 7.29. The molecule has 0 aliphatic carbocycles. The number of para-hydroxylation sites is 2. The maximum atomic E-state index is 4.84. The fraction of sp³-hybridized carbons (Fsp3) is 0.353. The molecule has 104 valence electrons. The maximum Gasteiger partial charge on any atom is 0.215 e. The van der Waals surface area contributed by atoms with E-state index in [0.29, 0.717) is 0 Å². The van der Waals surface area contributed by atoms with Gasteiger partial charge in [0.05, 0.1) is 22.4 Å². The highest BCUT2D eigenvalue weighted by Gasteiger charge is 2.16. The summed E-state index contributed by atoms with van der Waals surface area (Å²) in [7, 11) is 2.09. The van der Waals surface area contributed by atoms with Gasteiger partial charge in [0.1, 0.15) is 0 Å². The molecule has 3 nitrogen and oxygen atoms in total. The molecule has 0 atom stereocenters. The van der Waals surface area contributed by atoms with Gasteiger partial charge in [-0.05, 0) is 38.0 Å². The van der Waals surface area contributed by atoms with E-state index in [2.05, 4.69) is 67.1 Å². The second kappa shape index (κ2) is 4.82. The number of rotatable bonds is 3. The lowest BCUT2D eigenvalue weighted by atomic mass is 10.1. The van der Waals surface area contributed by atoms with Crippen LogP contribution in [0.5, 0.6) is 0 Å². The molecule has 3 rings (SSSR count). The number of hydrogen-bond donors (Lipinski definition) is 0. The Balaban J connectivity index is 2.44. The van der Waals surface area contributed by atoms with Crippen molar-refractivity contribution in [1.29, 1.82) is 0 Å². The van der Waals surface area contributed by atoms with Crippen molar-refractivity contribution in [3.8, 4) is 0 Å². The van der Waals surface area contributed by atoms with Gasteiger partial charge in [0.2, 0.25) is 5.78 Å². The Morgan fingerprint density at radius 1 is 1.20 bits per heavy atom. The van der Waals surface area contributed by atoms with Crippen LogP contribution in [0.25, 0.3) is 22.9 Å². The fourth-order valence-corrected chi connectivity index (χ4v) is 2.72. The van der Waals surface area contributed by atoms with Crippen LogP contribution in [0.1, 0.15) is 38.6 Å². The van der Waals surface area contributed by atoms with Gasteiger partial charge >= 0.3 is 0 Å². The van der Waals surface area contributed by atoms with Crippen LogP contribution in [0.15, 0.2) is 29.8 Å². The van der Waals surface area contributed by atoms with E-state index < -0.39 is 0 Å². The first kappa shape index (κ1) is 13.0. The molecule has 0 bridgehead atoms. The summed E-state index contributed by atoms with van der Waals surface area (Å²) in [5.41, 5.74) is 6.25. The molecule has 0 fully saturated rings. The van der Waals surface area contributed by atoms with Gasteiger partial charge in [0.25, 0.3) is 0 Å². The summed E-state index contributed by atoms with van der Waals surface area (Å²) in [5, 5.41) is 0. The number of fused-ring (bicyclic) bond motifs is 3. The maximum absolute atomic E-state index is 4.84. The first-order chi connectivity index (χ1) is 9.67. The van der Waals surface area contributed by atoms with Crippen LogP contribution in [0.2, 0.25) is 0 Å². The van der Waals surface area contributed by atoms with Crippen LogP contribution in [0, 0.1) is 0 Å². The van der Waals surface area contributed by atoms with E-state index >= 15 is 0 Å². The summed E-state index contributed by atoms with van der Waals surface area (Å²) in [6.45, 7) is 6.55. The minimum absolute atomic E-state index is 0.957. The smallest absolute Gasteiger partial charge is 0.215 e. The zero-order chi connectivity index (χ0) is 14.3. The Morgan fingerprint density at radius 2 is 1.90 bits per heavy atom. The number of hydrogen-bond acceptors (Lipinski definition) is 1. The van der Waals surface area contributed by atoms with Crippen LogP contribution in [-0.4, -0.2) is 14.0 Å². The number of nitrogens with zero attached hydrogens (tertiary/aromatic N) is 3. The molecule has 0 N–H and O–H groups in total. The Hall–Kier alpha value is -2.03. The third-order valence-corrected chi connectivity index (χ3v) is 4.03. The van der Waals surface area contributed by atoms with Gasteiger partial charge in [0.15, 0.2) is 0 Å². The van der Waals surface area contributed by atoms with E-state index in [1.165, 1.54) is 28.0 Å². The minimum Gasteiger partial charge on any atom is -0.313 e. The Kier molecular flexibility index (Phi) is 3.13. The summed E-state index contributed by atoms with van der Waals surface area (Å²) >= 11 is 0. The van der Waals surface area contributed by atoms with E-state index in [4.69, 9.17) is 4.98 Å². The SMILES string of the molecule is CC/C(C)=C\c1c(CC)nc2n(C)c3ccccc3n12. The molecule has 0 spiro atoms. The standard InChI is InChI=1S/C17H21N3/c1-5-12(3)11-16-13(6-2)18-17-19(4)14-9-7-8-10-15(14)20(16)17/h7-11H,5-6H2,1-4H3/b12-11-. The Bertz CT molecular complexity index is 802. The molecule has 0 aliphatic heterocycles.